The van der Waals surface area contributed by atoms with Gasteiger partial charge in [0, 0.05) is 58.6 Å². The maximum atomic E-state index is 13.6. The Kier molecular flexibility index (Phi) is 7.14. The molecule has 2 saturated heterocycles. The molecule has 0 spiro atoms. The molecule has 0 bridgehead atoms. The largest absolute Gasteiger partial charge is 0.379 e. The molecule has 38 heavy (non-hydrogen) atoms. The first-order valence-corrected chi connectivity index (χ1v) is 13.6. The fourth-order valence-electron chi connectivity index (χ4n) is 4.91. The predicted molar refractivity (Wildman–Crippen MR) is 146 cm³/mol. The predicted octanol–water partition coefficient (Wildman–Crippen LogP) is 1.03. The monoisotopic (exact) mass is 535 g/mol. The second kappa shape index (κ2) is 11.0. The minimum Gasteiger partial charge on any atom is -0.379 e. The number of imidazole rings is 1. The lowest BCUT2D eigenvalue weighted by molar-refractivity contribution is 0.0364. The number of hydrogen-bond acceptors (Lipinski definition) is 10. The van der Waals surface area contributed by atoms with Crippen molar-refractivity contribution in [3.63, 3.8) is 0 Å². The van der Waals surface area contributed by atoms with E-state index in [0.717, 1.165) is 73.9 Å². The SMILES string of the molecule is O=C(Nc1cnccc1N1CCNCC1)c1nnc(-n2c(=O)n(CCN3CCOCC3)c3ccccc32)s1. The van der Waals surface area contributed by atoms with Gasteiger partial charge in [0.15, 0.2) is 0 Å². The van der Waals surface area contributed by atoms with E-state index in [1.54, 1.807) is 21.5 Å². The molecule has 2 aliphatic heterocycles. The van der Waals surface area contributed by atoms with Crippen LogP contribution in [0.25, 0.3) is 16.2 Å². The van der Waals surface area contributed by atoms with Crippen LogP contribution in [0.5, 0.6) is 0 Å². The standard InChI is InChI=1S/C25H29N9O3S/c35-22(28-18-17-27-6-5-19(18)32-9-7-26-8-10-32)23-29-30-24(38-23)34-21-4-2-1-3-20(21)33(25(34)36)12-11-31-13-15-37-16-14-31/h1-6,17,26H,7-16H2,(H,28,35). The van der Waals surface area contributed by atoms with Gasteiger partial charge in [-0.15, -0.1) is 10.2 Å². The topological polar surface area (TPSA) is 122 Å². The van der Waals surface area contributed by atoms with E-state index in [2.05, 4.69) is 35.6 Å². The Morgan fingerprint density at radius 1 is 1.03 bits per heavy atom. The molecule has 2 aliphatic rings. The van der Waals surface area contributed by atoms with Crippen molar-refractivity contribution in [3.05, 3.63) is 58.2 Å². The van der Waals surface area contributed by atoms with Crippen molar-refractivity contribution in [3.8, 4) is 5.13 Å². The molecule has 3 aromatic heterocycles. The molecular formula is C25H29N9O3S. The number of pyridine rings is 1. The fraction of sp³-hybridized carbons (Fsp3) is 0.400. The molecule has 6 rings (SSSR count). The number of nitrogens with zero attached hydrogens (tertiary/aromatic N) is 7. The zero-order valence-electron chi connectivity index (χ0n) is 20.9. The third kappa shape index (κ3) is 4.92. The van der Waals surface area contributed by atoms with E-state index in [4.69, 9.17) is 4.74 Å². The van der Waals surface area contributed by atoms with Gasteiger partial charge < -0.3 is 20.3 Å². The number of carbonyl (C=O) groups excluding carboxylic acids is 1. The fourth-order valence-corrected chi connectivity index (χ4v) is 5.66. The Hall–Kier alpha value is -3.65. The molecule has 2 N–H and O–H groups in total. The minimum atomic E-state index is -0.387. The van der Waals surface area contributed by atoms with E-state index in [1.807, 2.05) is 30.3 Å². The molecule has 5 heterocycles. The number of aromatic nitrogens is 5. The van der Waals surface area contributed by atoms with Gasteiger partial charge >= 0.3 is 5.69 Å². The lowest BCUT2D eigenvalue weighted by atomic mass is 10.2. The number of carbonyl (C=O) groups is 1. The molecule has 0 saturated carbocycles. The number of hydrogen-bond donors (Lipinski definition) is 2. The Balaban J connectivity index is 1.25. The number of amides is 1. The second-order valence-electron chi connectivity index (χ2n) is 9.19. The van der Waals surface area contributed by atoms with E-state index >= 15 is 0 Å². The number of morpholine rings is 1. The molecule has 0 radical (unpaired) electrons. The van der Waals surface area contributed by atoms with Crippen molar-refractivity contribution in [2.75, 3.05) is 69.2 Å². The highest BCUT2D eigenvalue weighted by Gasteiger charge is 2.22. The highest BCUT2D eigenvalue weighted by atomic mass is 32.1. The quantitative estimate of drug-likeness (QED) is 0.357. The van der Waals surface area contributed by atoms with Crippen LogP contribution >= 0.6 is 11.3 Å². The van der Waals surface area contributed by atoms with Gasteiger partial charge in [-0.1, -0.05) is 23.5 Å². The molecule has 4 aromatic rings. The average Bonchev–Trinajstić information content (AvgIpc) is 3.55. The lowest BCUT2D eigenvalue weighted by Gasteiger charge is -2.30. The summed E-state index contributed by atoms with van der Waals surface area (Å²) < 4.78 is 8.74. The number of piperazine rings is 1. The van der Waals surface area contributed by atoms with E-state index in [-0.39, 0.29) is 16.6 Å². The van der Waals surface area contributed by atoms with Crippen LogP contribution in [0.4, 0.5) is 11.4 Å². The molecular weight excluding hydrogens is 506 g/mol. The van der Waals surface area contributed by atoms with Crippen molar-refractivity contribution in [2.45, 2.75) is 6.54 Å². The molecule has 1 amide bonds. The van der Waals surface area contributed by atoms with Crippen LogP contribution in [0.1, 0.15) is 9.80 Å². The van der Waals surface area contributed by atoms with Crippen molar-refractivity contribution in [1.29, 1.82) is 0 Å². The summed E-state index contributed by atoms with van der Waals surface area (Å²) in [6.45, 7) is 7.88. The molecule has 13 heteroatoms. The van der Waals surface area contributed by atoms with Gasteiger partial charge in [0.25, 0.3) is 5.91 Å². The summed E-state index contributed by atoms with van der Waals surface area (Å²) in [6.07, 6.45) is 3.36. The summed E-state index contributed by atoms with van der Waals surface area (Å²) in [6, 6.07) is 9.52. The first kappa shape index (κ1) is 24.7. The summed E-state index contributed by atoms with van der Waals surface area (Å²) in [7, 11) is 0. The normalized spacial score (nSPS) is 16.7. The number of fused-ring (bicyclic) bond motifs is 1. The number of ether oxygens (including phenoxy) is 1. The van der Waals surface area contributed by atoms with Gasteiger partial charge in [0.2, 0.25) is 10.1 Å². The van der Waals surface area contributed by atoms with Gasteiger partial charge in [-0.25, -0.2) is 9.36 Å². The second-order valence-corrected chi connectivity index (χ2v) is 10.1. The molecule has 198 valence electrons. The van der Waals surface area contributed by atoms with E-state index < -0.39 is 0 Å². The number of para-hydroxylation sites is 2. The van der Waals surface area contributed by atoms with Gasteiger partial charge in [-0.05, 0) is 18.2 Å². The molecule has 2 fully saturated rings. The van der Waals surface area contributed by atoms with Crippen molar-refractivity contribution in [1.82, 2.24) is 34.5 Å². The van der Waals surface area contributed by atoms with E-state index in [1.165, 1.54) is 0 Å². The van der Waals surface area contributed by atoms with Crippen LogP contribution in [-0.4, -0.2) is 94.1 Å². The highest BCUT2D eigenvalue weighted by molar-refractivity contribution is 7.15. The molecule has 0 unspecified atom stereocenters. The zero-order valence-corrected chi connectivity index (χ0v) is 21.7. The maximum absolute atomic E-state index is 13.6. The van der Waals surface area contributed by atoms with Gasteiger partial charge in [-0.3, -0.25) is 19.2 Å². The third-order valence-corrected chi connectivity index (χ3v) is 7.79. The third-order valence-electron chi connectivity index (χ3n) is 6.88. The summed E-state index contributed by atoms with van der Waals surface area (Å²) >= 11 is 1.09. The Labute approximate surface area is 222 Å². The van der Waals surface area contributed by atoms with Crippen LogP contribution < -0.4 is 21.2 Å². The first-order chi connectivity index (χ1) is 18.7. The lowest BCUT2D eigenvalue weighted by Crippen LogP contribution is -2.43. The van der Waals surface area contributed by atoms with Crippen LogP contribution in [0.15, 0.2) is 47.5 Å². The average molecular weight is 536 g/mol. The minimum absolute atomic E-state index is 0.173. The van der Waals surface area contributed by atoms with Gasteiger partial charge in [-0.2, -0.15) is 0 Å². The van der Waals surface area contributed by atoms with E-state index in [9.17, 15) is 9.59 Å². The summed E-state index contributed by atoms with van der Waals surface area (Å²) in [5, 5.41) is 15.2. The van der Waals surface area contributed by atoms with Crippen LogP contribution in [0, 0.1) is 0 Å². The molecule has 0 atom stereocenters. The Morgan fingerprint density at radius 2 is 1.82 bits per heavy atom. The smallest absolute Gasteiger partial charge is 0.335 e. The Bertz CT molecular complexity index is 1480. The van der Waals surface area contributed by atoms with Crippen LogP contribution in [0.2, 0.25) is 0 Å². The van der Waals surface area contributed by atoms with E-state index in [0.29, 0.717) is 30.6 Å². The summed E-state index contributed by atoms with van der Waals surface area (Å²) in [5.41, 5.74) is 2.89. The van der Waals surface area contributed by atoms with Crippen LogP contribution in [0.3, 0.4) is 0 Å². The van der Waals surface area contributed by atoms with Crippen molar-refractivity contribution >= 4 is 39.7 Å². The molecule has 1 aromatic carbocycles. The molecule has 0 aliphatic carbocycles. The number of benzene rings is 1. The first-order valence-electron chi connectivity index (χ1n) is 12.7. The summed E-state index contributed by atoms with van der Waals surface area (Å²) in [5.74, 6) is -0.387. The van der Waals surface area contributed by atoms with Gasteiger partial charge in [0.1, 0.15) is 0 Å². The maximum Gasteiger partial charge on any atom is 0.335 e. The van der Waals surface area contributed by atoms with Crippen molar-refractivity contribution in [2.24, 2.45) is 0 Å². The van der Waals surface area contributed by atoms with Gasteiger partial charge in [0.05, 0.1) is 41.8 Å². The molecule has 12 nitrogen and oxygen atoms in total. The number of nitrogens with one attached hydrogen (secondary N) is 2. The highest BCUT2D eigenvalue weighted by Crippen LogP contribution is 2.26. The zero-order chi connectivity index (χ0) is 25.9. The van der Waals surface area contributed by atoms with Crippen LogP contribution in [-0.2, 0) is 11.3 Å². The summed E-state index contributed by atoms with van der Waals surface area (Å²) in [4.78, 5) is 35.4. The number of anilines is 2. The Morgan fingerprint density at radius 3 is 2.63 bits per heavy atom. The van der Waals surface area contributed by atoms with Crippen molar-refractivity contribution < 1.29 is 9.53 Å². The number of rotatable bonds is 7.